The van der Waals surface area contributed by atoms with Gasteiger partial charge in [0.15, 0.2) is 9.84 Å². The zero-order chi connectivity index (χ0) is 20.6. The number of urea groups is 1. The minimum absolute atomic E-state index is 0.321. The summed E-state index contributed by atoms with van der Waals surface area (Å²) in [5, 5.41) is 6.57. The van der Waals surface area contributed by atoms with E-state index in [-0.39, 0.29) is 11.9 Å². The Bertz CT molecular complexity index is 789. The fraction of sp³-hybridized carbons (Fsp3) is 0.474. The Labute approximate surface area is 165 Å². The van der Waals surface area contributed by atoms with E-state index in [1.807, 2.05) is 30.3 Å². The van der Waals surface area contributed by atoms with Crippen molar-refractivity contribution in [1.29, 1.82) is 0 Å². The van der Waals surface area contributed by atoms with E-state index in [0.29, 0.717) is 32.7 Å². The standard InChI is InChI=1S/C19H27N3O5S/c1-15(8-13-28(2,25)26)20-18(23)17(14-16-6-4-3-5-7-16)21-19(24)22-9-11-27-12-10-22/h3-8,13,15,17H,9-12,14H2,1-2H3,(H,20,23)(H,21,24). The highest BCUT2D eigenvalue weighted by Gasteiger charge is 2.25. The maximum atomic E-state index is 12.7. The Hall–Kier alpha value is -2.39. The van der Waals surface area contributed by atoms with Crippen LogP contribution in [-0.2, 0) is 25.8 Å². The van der Waals surface area contributed by atoms with E-state index in [0.717, 1.165) is 17.2 Å². The molecule has 1 aliphatic rings. The van der Waals surface area contributed by atoms with Crippen molar-refractivity contribution < 1.29 is 22.7 Å². The van der Waals surface area contributed by atoms with Crippen molar-refractivity contribution >= 4 is 21.8 Å². The van der Waals surface area contributed by atoms with Crippen molar-refractivity contribution in [1.82, 2.24) is 15.5 Å². The van der Waals surface area contributed by atoms with Crippen molar-refractivity contribution in [3.8, 4) is 0 Å². The predicted molar refractivity (Wildman–Crippen MR) is 106 cm³/mol. The van der Waals surface area contributed by atoms with Gasteiger partial charge >= 0.3 is 6.03 Å². The second-order valence-corrected chi connectivity index (χ2v) is 8.68. The third kappa shape index (κ3) is 7.69. The van der Waals surface area contributed by atoms with Crippen LogP contribution in [0.4, 0.5) is 4.79 Å². The second kappa shape index (κ2) is 10.2. The van der Waals surface area contributed by atoms with Crippen molar-refractivity contribution in [2.24, 2.45) is 0 Å². The van der Waals surface area contributed by atoms with Gasteiger partial charge in [0, 0.05) is 37.2 Å². The van der Waals surface area contributed by atoms with Gasteiger partial charge in [-0.3, -0.25) is 4.79 Å². The molecule has 9 heteroatoms. The summed E-state index contributed by atoms with van der Waals surface area (Å²) < 4.78 is 27.7. The van der Waals surface area contributed by atoms with Crippen LogP contribution in [0.15, 0.2) is 41.8 Å². The number of benzene rings is 1. The van der Waals surface area contributed by atoms with Crippen molar-refractivity contribution in [2.75, 3.05) is 32.6 Å². The number of carbonyl (C=O) groups excluding carboxylic acids is 2. The van der Waals surface area contributed by atoms with Crippen molar-refractivity contribution in [2.45, 2.75) is 25.4 Å². The van der Waals surface area contributed by atoms with Gasteiger partial charge in [-0.2, -0.15) is 0 Å². The van der Waals surface area contributed by atoms with E-state index in [4.69, 9.17) is 4.74 Å². The third-order valence-electron chi connectivity index (χ3n) is 4.18. The van der Waals surface area contributed by atoms with Gasteiger partial charge in [0.2, 0.25) is 5.91 Å². The molecule has 2 rings (SSSR count). The van der Waals surface area contributed by atoms with Gasteiger partial charge in [-0.05, 0) is 12.5 Å². The Morgan fingerprint density at radius 1 is 1.18 bits per heavy atom. The SMILES string of the molecule is CC(C=CS(C)(=O)=O)NC(=O)C(Cc1ccccc1)NC(=O)N1CCOCC1. The molecule has 2 N–H and O–H groups in total. The van der Waals surface area contributed by atoms with Gasteiger partial charge in [0.25, 0.3) is 0 Å². The maximum Gasteiger partial charge on any atom is 0.318 e. The van der Waals surface area contributed by atoms with Crippen LogP contribution in [0.1, 0.15) is 12.5 Å². The molecule has 3 amide bonds. The average molecular weight is 410 g/mol. The number of carbonyl (C=O) groups is 2. The van der Waals surface area contributed by atoms with E-state index in [9.17, 15) is 18.0 Å². The fourth-order valence-corrected chi connectivity index (χ4v) is 3.22. The van der Waals surface area contributed by atoms with E-state index in [2.05, 4.69) is 10.6 Å². The van der Waals surface area contributed by atoms with Gasteiger partial charge in [-0.25, -0.2) is 13.2 Å². The average Bonchev–Trinajstić information content (AvgIpc) is 2.66. The molecule has 1 heterocycles. The molecule has 1 aromatic rings. The van der Waals surface area contributed by atoms with Crippen LogP contribution in [0.25, 0.3) is 0 Å². The van der Waals surface area contributed by atoms with Crippen LogP contribution in [0.3, 0.4) is 0 Å². The Morgan fingerprint density at radius 3 is 2.43 bits per heavy atom. The van der Waals surface area contributed by atoms with Gasteiger partial charge in [-0.1, -0.05) is 36.4 Å². The molecular formula is C19H27N3O5S. The number of nitrogens with one attached hydrogen (secondary N) is 2. The van der Waals surface area contributed by atoms with Crippen LogP contribution in [0.2, 0.25) is 0 Å². The lowest BCUT2D eigenvalue weighted by atomic mass is 10.0. The molecule has 28 heavy (non-hydrogen) atoms. The van der Waals surface area contributed by atoms with Crippen LogP contribution < -0.4 is 10.6 Å². The Morgan fingerprint density at radius 2 is 1.82 bits per heavy atom. The minimum atomic E-state index is -3.28. The molecule has 0 radical (unpaired) electrons. The van der Waals surface area contributed by atoms with Crippen LogP contribution in [0.5, 0.6) is 0 Å². The van der Waals surface area contributed by atoms with Crippen LogP contribution >= 0.6 is 0 Å². The van der Waals surface area contributed by atoms with Gasteiger partial charge < -0.3 is 20.3 Å². The summed E-state index contributed by atoms with van der Waals surface area (Å²) in [6, 6.07) is 7.77. The molecule has 2 unspecified atom stereocenters. The molecule has 0 spiro atoms. The number of hydrogen-bond acceptors (Lipinski definition) is 5. The minimum Gasteiger partial charge on any atom is -0.378 e. The summed E-state index contributed by atoms with van der Waals surface area (Å²) in [5.41, 5.74) is 0.907. The van der Waals surface area contributed by atoms with E-state index in [1.54, 1.807) is 11.8 Å². The first kappa shape index (κ1) is 21.9. The summed E-state index contributed by atoms with van der Waals surface area (Å²) in [6.07, 6.45) is 2.81. The van der Waals surface area contributed by atoms with Crippen LogP contribution in [-0.4, -0.2) is 69.9 Å². The fourth-order valence-electron chi connectivity index (χ4n) is 2.70. The molecule has 0 saturated carbocycles. The largest absolute Gasteiger partial charge is 0.378 e. The highest BCUT2D eigenvalue weighted by molar-refractivity contribution is 7.93. The lowest BCUT2D eigenvalue weighted by molar-refractivity contribution is -0.123. The second-order valence-electron chi connectivity index (χ2n) is 6.75. The molecule has 1 fully saturated rings. The smallest absolute Gasteiger partial charge is 0.318 e. The molecule has 1 aromatic carbocycles. The van der Waals surface area contributed by atoms with Gasteiger partial charge in [0.05, 0.1) is 13.2 Å². The molecule has 1 saturated heterocycles. The zero-order valence-electron chi connectivity index (χ0n) is 16.1. The summed E-state index contributed by atoms with van der Waals surface area (Å²) in [4.78, 5) is 26.9. The highest BCUT2D eigenvalue weighted by Crippen LogP contribution is 2.06. The lowest BCUT2D eigenvalue weighted by Crippen LogP contribution is -2.55. The molecule has 154 valence electrons. The topological polar surface area (TPSA) is 105 Å². The van der Waals surface area contributed by atoms with Crippen molar-refractivity contribution in [3.63, 3.8) is 0 Å². The molecule has 0 aliphatic carbocycles. The Kier molecular flexibility index (Phi) is 8.01. The normalized spacial score (nSPS) is 17.1. The monoisotopic (exact) mass is 409 g/mol. The summed E-state index contributed by atoms with van der Waals surface area (Å²) in [5.74, 6) is -0.379. The number of hydrogen-bond donors (Lipinski definition) is 2. The molecule has 1 aliphatic heterocycles. The molecule has 2 atom stereocenters. The Balaban J connectivity index is 2.06. The first-order valence-corrected chi connectivity index (χ1v) is 11.1. The summed E-state index contributed by atoms with van der Waals surface area (Å²) in [6.45, 7) is 3.55. The van der Waals surface area contributed by atoms with E-state index < -0.39 is 21.9 Å². The first-order valence-electron chi connectivity index (χ1n) is 9.10. The number of morpholine rings is 1. The maximum absolute atomic E-state index is 12.7. The van der Waals surface area contributed by atoms with Crippen LogP contribution in [0, 0.1) is 0 Å². The van der Waals surface area contributed by atoms with E-state index in [1.165, 1.54) is 6.08 Å². The summed E-state index contributed by atoms with van der Waals surface area (Å²) in [7, 11) is -3.28. The molecule has 0 aromatic heterocycles. The number of rotatable bonds is 7. The number of amides is 3. The number of nitrogens with zero attached hydrogens (tertiary/aromatic N) is 1. The van der Waals surface area contributed by atoms with Crippen molar-refractivity contribution in [3.05, 3.63) is 47.4 Å². The molecule has 8 nitrogen and oxygen atoms in total. The van der Waals surface area contributed by atoms with Gasteiger partial charge in [-0.15, -0.1) is 0 Å². The lowest BCUT2D eigenvalue weighted by Gasteiger charge is -2.29. The quantitative estimate of drug-likeness (QED) is 0.690. The van der Waals surface area contributed by atoms with Gasteiger partial charge in [0.1, 0.15) is 6.04 Å². The molecular weight excluding hydrogens is 382 g/mol. The van der Waals surface area contributed by atoms with E-state index >= 15 is 0 Å². The zero-order valence-corrected chi connectivity index (χ0v) is 16.9. The molecule has 0 bridgehead atoms. The first-order chi connectivity index (χ1) is 13.2. The number of ether oxygens (including phenoxy) is 1. The highest BCUT2D eigenvalue weighted by atomic mass is 32.2. The summed E-state index contributed by atoms with van der Waals surface area (Å²) >= 11 is 0. The number of sulfone groups is 1. The third-order valence-corrected chi connectivity index (χ3v) is 4.83. The predicted octanol–water partition coefficient (Wildman–Crippen LogP) is 0.703.